The molecule has 0 radical (unpaired) electrons. The largest absolute Gasteiger partial charge is 0.322 e. The molecule has 1 N–H and O–H groups in total. The molecule has 1 heterocycles. The van der Waals surface area contributed by atoms with E-state index in [9.17, 15) is 4.79 Å². The summed E-state index contributed by atoms with van der Waals surface area (Å²) in [4.78, 5) is 20.7. The van der Waals surface area contributed by atoms with E-state index < -0.39 is 0 Å². The Morgan fingerprint density at radius 3 is 2.29 bits per heavy atom. The van der Waals surface area contributed by atoms with Crippen LogP contribution in [0.25, 0.3) is 11.0 Å². The van der Waals surface area contributed by atoms with Gasteiger partial charge in [-0.3, -0.25) is 14.8 Å². The van der Waals surface area contributed by atoms with E-state index in [4.69, 9.17) is 0 Å². The van der Waals surface area contributed by atoms with Crippen molar-refractivity contribution in [1.29, 1.82) is 0 Å². The van der Waals surface area contributed by atoms with Crippen LogP contribution in [0.2, 0.25) is 0 Å². The van der Waals surface area contributed by atoms with Gasteiger partial charge >= 0.3 is 0 Å². The quantitative estimate of drug-likeness (QED) is 0.780. The van der Waals surface area contributed by atoms with Gasteiger partial charge < -0.3 is 5.32 Å². The summed E-state index contributed by atoms with van der Waals surface area (Å²) < 4.78 is 0. The fourth-order valence-electron chi connectivity index (χ4n) is 2.35. The molecule has 0 bridgehead atoms. The van der Waals surface area contributed by atoms with Crippen LogP contribution in [0.5, 0.6) is 0 Å². The molecule has 4 nitrogen and oxygen atoms in total. The smallest absolute Gasteiger partial charge is 0.255 e. The molecular formula is C17H15N3O. The lowest BCUT2D eigenvalue weighted by molar-refractivity contribution is 0.102. The van der Waals surface area contributed by atoms with E-state index in [0.717, 1.165) is 22.3 Å². The normalized spacial score (nSPS) is 10.6. The fraction of sp³-hybridized carbons (Fsp3) is 0.118. The molecule has 21 heavy (non-hydrogen) atoms. The summed E-state index contributed by atoms with van der Waals surface area (Å²) in [6.45, 7) is 4.02. The van der Waals surface area contributed by atoms with Crippen molar-refractivity contribution in [2.24, 2.45) is 0 Å². The number of carbonyl (C=O) groups excluding carboxylic acids is 1. The highest BCUT2D eigenvalue weighted by Crippen LogP contribution is 2.16. The SMILES string of the molecule is Cc1cc(C)cc(NC(=O)c2ccc3nccnc3c2)c1. The van der Waals surface area contributed by atoms with Crippen LogP contribution in [0.3, 0.4) is 0 Å². The lowest BCUT2D eigenvalue weighted by atomic mass is 10.1. The Labute approximate surface area is 122 Å². The maximum absolute atomic E-state index is 12.3. The Kier molecular flexibility index (Phi) is 3.36. The summed E-state index contributed by atoms with van der Waals surface area (Å²) in [6, 6.07) is 11.3. The minimum Gasteiger partial charge on any atom is -0.322 e. The van der Waals surface area contributed by atoms with Gasteiger partial charge in [-0.05, 0) is 55.3 Å². The Morgan fingerprint density at radius 1 is 0.905 bits per heavy atom. The summed E-state index contributed by atoms with van der Waals surface area (Å²) in [6.07, 6.45) is 3.26. The molecule has 4 heteroatoms. The molecule has 0 saturated carbocycles. The predicted octanol–water partition coefficient (Wildman–Crippen LogP) is 3.50. The molecule has 0 aliphatic rings. The van der Waals surface area contributed by atoms with E-state index >= 15 is 0 Å². The third-order valence-electron chi connectivity index (χ3n) is 3.21. The van der Waals surface area contributed by atoms with E-state index in [-0.39, 0.29) is 5.91 Å². The van der Waals surface area contributed by atoms with Crippen molar-refractivity contribution in [3.63, 3.8) is 0 Å². The number of amides is 1. The third-order valence-corrected chi connectivity index (χ3v) is 3.21. The number of nitrogens with zero attached hydrogens (tertiary/aromatic N) is 2. The zero-order valence-corrected chi connectivity index (χ0v) is 11.9. The van der Waals surface area contributed by atoms with Crippen molar-refractivity contribution in [3.8, 4) is 0 Å². The summed E-state index contributed by atoms with van der Waals surface area (Å²) in [7, 11) is 0. The van der Waals surface area contributed by atoms with Crippen molar-refractivity contribution in [2.45, 2.75) is 13.8 Å². The maximum Gasteiger partial charge on any atom is 0.255 e. The second-order valence-electron chi connectivity index (χ2n) is 5.09. The van der Waals surface area contributed by atoms with Gasteiger partial charge in [-0.1, -0.05) is 6.07 Å². The number of hydrogen-bond acceptors (Lipinski definition) is 3. The minimum atomic E-state index is -0.146. The molecule has 3 aromatic rings. The molecule has 0 unspecified atom stereocenters. The van der Waals surface area contributed by atoms with Gasteiger partial charge in [-0.2, -0.15) is 0 Å². The van der Waals surface area contributed by atoms with Gasteiger partial charge in [0.2, 0.25) is 0 Å². The molecule has 2 aromatic carbocycles. The first-order valence-electron chi connectivity index (χ1n) is 6.72. The molecule has 104 valence electrons. The number of fused-ring (bicyclic) bond motifs is 1. The second kappa shape index (κ2) is 5.32. The van der Waals surface area contributed by atoms with Crippen LogP contribution < -0.4 is 5.32 Å². The highest BCUT2D eigenvalue weighted by atomic mass is 16.1. The first-order valence-corrected chi connectivity index (χ1v) is 6.72. The standard InChI is InChI=1S/C17H15N3O/c1-11-7-12(2)9-14(8-11)20-17(21)13-3-4-15-16(10-13)19-6-5-18-15/h3-10H,1-2H3,(H,20,21). The van der Waals surface area contributed by atoms with Crippen LogP contribution in [-0.4, -0.2) is 15.9 Å². The molecule has 0 spiro atoms. The van der Waals surface area contributed by atoms with Crippen molar-refractivity contribution >= 4 is 22.6 Å². The summed E-state index contributed by atoms with van der Waals surface area (Å²) >= 11 is 0. The minimum absolute atomic E-state index is 0.146. The van der Waals surface area contributed by atoms with E-state index in [1.807, 2.05) is 26.0 Å². The van der Waals surface area contributed by atoms with Crippen LogP contribution in [0.1, 0.15) is 21.5 Å². The average Bonchev–Trinajstić information content (AvgIpc) is 2.45. The van der Waals surface area contributed by atoms with E-state index in [0.29, 0.717) is 11.1 Å². The van der Waals surface area contributed by atoms with Gasteiger partial charge in [0, 0.05) is 23.6 Å². The van der Waals surface area contributed by atoms with Gasteiger partial charge in [0.1, 0.15) is 0 Å². The molecule has 0 fully saturated rings. The van der Waals surface area contributed by atoms with Crippen LogP contribution in [0, 0.1) is 13.8 Å². The number of anilines is 1. The highest BCUT2D eigenvalue weighted by molar-refractivity contribution is 6.05. The molecule has 0 atom stereocenters. The zero-order valence-electron chi connectivity index (χ0n) is 11.9. The van der Waals surface area contributed by atoms with Gasteiger partial charge in [-0.15, -0.1) is 0 Å². The maximum atomic E-state index is 12.3. The molecule has 0 aliphatic heterocycles. The molecule has 3 rings (SSSR count). The van der Waals surface area contributed by atoms with Crippen molar-refractivity contribution < 1.29 is 4.79 Å². The molecule has 1 amide bonds. The molecule has 0 saturated heterocycles. The zero-order chi connectivity index (χ0) is 14.8. The van der Waals surface area contributed by atoms with Gasteiger partial charge in [-0.25, -0.2) is 0 Å². The predicted molar refractivity (Wildman–Crippen MR) is 83.4 cm³/mol. The number of aryl methyl sites for hydroxylation is 2. The van der Waals surface area contributed by atoms with Crippen LogP contribution >= 0.6 is 0 Å². The summed E-state index contributed by atoms with van der Waals surface area (Å²) in [5, 5.41) is 2.92. The van der Waals surface area contributed by atoms with Crippen LogP contribution in [0.4, 0.5) is 5.69 Å². The lowest BCUT2D eigenvalue weighted by Crippen LogP contribution is -2.12. The first-order chi connectivity index (χ1) is 10.1. The Balaban J connectivity index is 1.89. The number of aromatic nitrogens is 2. The molecule has 0 aliphatic carbocycles. The Hall–Kier alpha value is -2.75. The van der Waals surface area contributed by atoms with E-state index in [1.54, 1.807) is 30.6 Å². The van der Waals surface area contributed by atoms with Crippen LogP contribution in [-0.2, 0) is 0 Å². The van der Waals surface area contributed by atoms with Crippen LogP contribution in [0.15, 0.2) is 48.8 Å². The monoisotopic (exact) mass is 277 g/mol. The van der Waals surface area contributed by atoms with Gasteiger partial charge in [0.15, 0.2) is 0 Å². The first kappa shape index (κ1) is 13.2. The van der Waals surface area contributed by atoms with Crippen molar-refractivity contribution in [2.75, 3.05) is 5.32 Å². The van der Waals surface area contributed by atoms with E-state index in [2.05, 4.69) is 21.4 Å². The molecule has 1 aromatic heterocycles. The van der Waals surface area contributed by atoms with Crippen molar-refractivity contribution in [3.05, 3.63) is 65.5 Å². The fourth-order valence-corrected chi connectivity index (χ4v) is 2.35. The Bertz CT molecular complexity index is 807. The number of nitrogens with one attached hydrogen (secondary N) is 1. The summed E-state index contributed by atoms with van der Waals surface area (Å²) in [5.41, 5.74) is 5.11. The lowest BCUT2D eigenvalue weighted by Gasteiger charge is -2.08. The topological polar surface area (TPSA) is 54.9 Å². The average molecular weight is 277 g/mol. The third kappa shape index (κ3) is 2.89. The number of benzene rings is 2. The highest BCUT2D eigenvalue weighted by Gasteiger charge is 2.08. The summed E-state index contributed by atoms with van der Waals surface area (Å²) in [5.74, 6) is -0.146. The van der Waals surface area contributed by atoms with Gasteiger partial charge in [0.25, 0.3) is 5.91 Å². The number of hydrogen-bond donors (Lipinski definition) is 1. The Morgan fingerprint density at radius 2 is 1.57 bits per heavy atom. The van der Waals surface area contributed by atoms with Gasteiger partial charge in [0.05, 0.1) is 11.0 Å². The molecular weight excluding hydrogens is 262 g/mol. The second-order valence-corrected chi connectivity index (χ2v) is 5.09. The number of carbonyl (C=O) groups is 1. The number of rotatable bonds is 2. The van der Waals surface area contributed by atoms with Crippen molar-refractivity contribution in [1.82, 2.24) is 9.97 Å². The van der Waals surface area contributed by atoms with E-state index in [1.165, 1.54) is 0 Å².